The second kappa shape index (κ2) is 6.61. The molecule has 0 radical (unpaired) electrons. The number of halogens is 11. The fourth-order valence-corrected chi connectivity index (χ4v) is 1.53. The van der Waals surface area contributed by atoms with Gasteiger partial charge in [0.05, 0.1) is 12.1 Å². The van der Waals surface area contributed by atoms with E-state index in [1.165, 1.54) is 0 Å². The van der Waals surface area contributed by atoms with Crippen molar-refractivity contribution >= 4 is 0 Å². The molecule has 2 nitrogen and oxygen atoms in total. The maximum atomic E-state index is 13.4. The highest BCUT2D eigenvalue weighted by atomic mass is 19.4. The van der Waals surface area contributed by atoms with Gasteiger partial charge in [-0.05, 0) is 6.42 Å². The second-order valence-corrected chi connectivity index (χ2v) is 4.80. The fraction of sp³-hybridized carbons (Fsp3) is 0.818. The minimum atomic E-state index is -6.70. The first-order valence-corrected chi connectivity index (χ1v) is 5.79. The van der Waals surface area contributed by atoms with Crippen molar-refractivity contribution in [3.05, 3.63) is 0 Å². The van der Waals surface area contributed by atoms with E-state index in [1.807, 2.05) is 0 Å². The molecule has 0 aliphatic heterocycles. The molecule has 0 aromatic carbocycles. The van der Waals surface area contributed by atoms with Gasteiger partial charge in [-0.3, -0.25) is 0 Å². The van der Waals surface area contributed by atoms with Gasteiger partial charge in [0.2, 0.25) is 0 Å². The van der Waals surface area contributed by atoms with Gasteiger partial charge in [-0.15, -0.1) is 0 Å². The normalized spacial score (nSPS) is 14.4. The molecule has 0 unspecified atom stereocenters. The van der Waals surface area contributed by atoms with Crippen molar-refractivity contribution in [3.63, 3.8) is 0 Å². The summed E-state index contributed by atoms with van der Waals surface area (Å²) >= 11 is 0. The van der Waals surface area contributed by atoms with E-state index >= 15 is 0 Å². The van der Waals surface area contributed by atoms with Crippen LogP contribution in [0.4, 0.5) is 48.3 Å². The molecule has 0 aromatic rings. The van der Waals surface area contributed by atoms with Crippen LogP contribution in [0.25, 0.3) is 0 Å². The smallest absolute Gasteiger partial charge is 0.203 e. The number of nitriles is 2. The Labute approximate surface area is 127 Å². The van der Waals surface area contributed by atoms with Gasteiger partial charge in [0.25, 0.3) is 0 Å². The van der Waals surface area contributed by atoms with Gasteiger partial charge in [0.15, 0.2) is 0 Å². The predicted molar refractivity (Wildman–Crippen MR) is 54.4 cm³/mol. The maximum absolute atomic E-state index is 13.4. The second-order valence-electron chi connectivity index (χ2n) is 4.80. The van der Waals surface area contributed by atoms with Gasteiger partial charge in [-0.2, -0.15) is 50.0 Å². The van der Waals surface area contributed by atoms with Gasteiger partial charge >= 0.3 is 30.4 Å². The molecule has 0 N–H and O–H groups in total. The maximum Gasteiger partial charge on any atom is 0.389 e. The summed E-state index contributed by atoms with van der Waals surface area (Å²) in [4.78, 5) is 0. The Balaban J connectivity index is 5.71. The molecule has 0 atom stereocenters. The quantitative estimate of drug-likeness (QED) is 0.592. The van der Waals surface area contributed by atoms with Crippen LogP contribution in [0.5, 0.6) is 0 Å². The van der Waals surface area contributed by atoms with Crippen molar-refractivity contribution in [1.29, 1.82) is 10.5 Å². The first-order valence-electron chi connectivity index (χ1n) is 5.79. The summed E-state index contributed by atoms with van der Waals surface area (Å²) in [6.45, 7) is 0. The minimum absolute atomic E-state index is 0.640. The van der Waals surface area contributed by atoms with E-state index in [-0.39, 0.29) is 0 Å². The Morgan fingerprint density at radius 1 is 0.750 bits per heavy atom. The number of alkyl halides is 11. The zero-order valence-electron chi connectivity index (χ0n) is 11.3. The SMILES string of the molecule is N#CC(C#N)(CCC(F)(F)F)CC(F)(F)C(F)(F)C(F)(F)C(F)F. The molecule has 0 aromatic heterocycles. The van der Waals surface area contributed by atoms with Crippen molar-refractivity contribution in [2.24, 2.45) is 5.41 Å². The molecule has 13 heteroatoms. The average molecular weight is 376 g/mol. The summed E-state index contributed by atoms with van der Waals surface area (Å²) in [7, 11) is 0. The van der Waals surface area contributed by atoms with Crippen LogP contribution < -0.4 is 0 Å². The van der Waals surface area contributed by atoms with Crippen molar-refractivity contribution in [1.82, 2.24) is 0 Å². The topological polar surface area (TPSA) is 47.6 Å². The first-order chi connectivity index (χ1) is 10.5. The van der Waals surface area contributed by atoms with E-state index < -0.39 is 55.0 Å². The highest BCUT2D eigenvalue weighted by molar-refractivity contribution is 5.17. The van der Waals surface area contributed by atoms with Crippen LogP contribution in [-0.4, -0.2) is 30.4 Å². The Morgan fingerprint density at radius 3 is 1.46 bits per heavy atom. The van der Waals surface area contributed by atoms with Crippen LogP contribution >= 0.6 is 0 Å². The van der Waals surface area contributed by atoms with Crippen LogP contribution in [0.1, 0.15) is 19.3 Å². The third-order valence-corrected chi connectivity index (χ3v) is 2.94. The molecule has 24 heavy (non-hydrogen) atoms. The summed E-state index contributed by atoms with van der Waals surface area (Å²) in [5.41, 5.74) is -3.43. The third-order valence-electron chi connectivity index (χ3n) is 2.94. The lowest BCUT2D eigenvalue weighted by molar-refractivity contribution is -0.342. The van der Waals surface area contributed by atoms with E-state index in [1.54, 1.807) is 0 Å². The molecule has 0 bridgehead atoms. The predicted octanol–water partition coefficient (Wildman–Crippen LogP) is 4.92. The van der Waals surface area contributed by atoms with Crippen LogP contribution in [-0.2, 0) is 0 Å². The standard InChI is InChI=1S/C11H7F11N2/c12-6(13)10(19,20)11(21,22)8(14,15)3-7(4-23,5-24)1-2-9(16,17)18/h6H,1-3H2. The monoisotopic (exact) mass is 376 g/mol. The number of hydrogen-bond acceptors (Lipinski definition) is 2. The molecule has 0 aliphatic carbocycles. The van der Waals surface area contributed by atoms with Crippen molar-refractivity contribution in [2.45, 2.75) is 49.6 Å². The number of nitrogens with zero attached hydrogens (tertiary/aromatic N) is 2. The zero-order chi connectivity index (χ0) is 19.6. The van der Waals surface area contributed by atoms with E-state index in [4.69, 9.17) is 10.5 Å². The lowest BCUT2D eigenvalue weighted by Gasteiger charge is -2.34. The molecule has 0 saturated carbocycles. The summed E-state index contributed by atoms with van der Waals surface area (Å²) in [5, 5.41) is 17.1. The third kappa shape index (κ3) is 4.39. The average Bonchev–Trinajstić information content (AvgIpc) is 2.42. The largest absolute Gasteiger partial charge is 0.389 e. The van der Waals surface area contributed by atoms with Gasteiger partial charge < -0.3 is 0 Å². The fourth-order valence-electron chi connectivity index (χ4n) is 1.53. The van der Waals surface area contributed by atoms with Gasteiger partial charge in [-0.25, -0.2) is 8.78 Å². The lowest BCUT2D eigenvalue weighted by Crippen LogP contribution is -2.58. The van der Waals surface area contributed by atoms with Crippen molar-refractivity contribution in [3.8, 4) is 12.1 Å². The highest BCUT2D eigenvalue weighted by Gasteiger charge is 2.76. The number of hydrogen-bond donors (Lipinski definition) is 0. The van der Waals surface area contributed by atoms with E-state index in [0.717, 1.165) is 0 Å². The van der Waals surface area contributed by atoms with Crippen LogP contribution in [0.15, 0.2) is 0 Å². The Morgan fingerprint density at radius 2 is 1.17 bits per heavy atom. The molecule has 0 amide bonds. The zero-order valence-corrected chi connectivity index (χ0v) is 11.3. The van der Waals surface area contributed by atoms with Gasteiger partial charge in [0, 0.05) is 12.8 Å². The van der Waals surface area contributed by atoms with Crippen LogP contribution in [0.2, 0.25) is 0 Å². The van der Waals surface area contributed by atoms with Crippen molar-refractivity contribution < 1.29 is 48.3 Å². The molecule has 0 rings (SSSR count). The minimum Gasteiger partial charge on any atom is -0.203 e. The summed E-state index contributed by atoms with van der Waals surface area (Å²) in [5.74, 6) is -19.3. The molecule has 0 saturated heterocycles. The van der Waals surface area contributed by atoms with Gasteiger partial charge in [0.1, 0.15) is 5.41 Å². The summed E-state index contributed by atoms with van der Waals surface area (Å²) in [6.07, 6.45) is -16.8. The molecule has 0 heterocycles. The summed E-state index contributed by atoms with van der Waals surface area (Å²) in [6, 6.07) is 1.28. The Kier molecular flexibility index (Phi) is 6.11. The van der Waals surface area contributed by atoms with E-state index in [9.17, 15) is 48.3 Å². The van der Waals surface area contributed by atoms with Crippen LogP contribution in [0.3, 0.4) is 0 Å². The number of rotatable bonds is 7. The Bertz CT molecular complexity index is 510. The molecule has 0 fully saturated rings. The van der Waals surface area contributed by atoms with E-state index in [2.05, 4.69) is 0 Å². The Hall–Kier alpha value is -1.79. The van der Waals surface area contributed by atoms with Crippen molar-refractivity contribution in [2.75, 3.05) is 0 Å². The van der Waals surface area contributed by atoms with Crippen LogP contribution in [0, 0.1) is 28.1 Å². The van der Waals surface area contributed by atoms with E-state index in [0.29, 0.717) is 12.1 Å². The molecule has 0 spiro atoms. The molecular weight excluding hydrogens is 369 g/mol. The lowest BCUT2D eigenvalue weighted by atomic mass is 9.78. The molecule has 0 aliphatic rings. The first kappa shape index (κ1) is 22.2. The summed E-state index contributed by atoms with van der Waals surface area (Å²) < 4.78 is 138. The molecular formula is C11H7F11N2. The highest BCUT2D eigenvalue weighted by Crippen LogP contribution is 2.53. The molecule has 138 valence electrons. The van der Waals surface area contributed by atoms with Gasteiger partial charge in [-0.1, -0.05) is 0 Å².